The van der Waals surface area contributed by atoms with E-state index in [2.05, 4.69) is 6.58 Å². The molecule has 1 aliphatic heterocycles. The lowest BCUT2D eigenvalue weighted by molar-refractivity contribution is -0.138. The van der Waals surface area contributed by atoms with E-state index in [1.807, 2.05) is 0 Å². The first kappa shape index (κ1) is 11.6. The van der Waals surface area contributed by atoms with Gasteiger partial charge in [-0.2, -0.15) is 0 Å². The highest BCUT2D eigenvalue weighted by molar-refractivity contribution is 5.72. The van der Waals surface area contributed by atoms with Crippen LogP contribution < -0.4 is 0 Å². The number of carboxylic acids is 1. The van der Waals surface area contributed by atoms with Crippen LogP contribution in [0.25, 0.3) is 0 Å². The van der Waals surface area contributed by atoms with Crippen LogP contribution in [-0.2, 0) is 9.53 Å². The molecule has 0 aromatic carbocycles. The van der Waals surface area contributed by atoms with Gasteiger partial charge in [-0.25, -0.2) is 4.79 Å². The molecule has 1 N–H and O–H groups in total. The largest absolute Gasteiger partial charge is 0.481 e. The van der Waals surface area contributed by atoms with Gasteiger partial charge >= 0.3 is 12.1 Å². The number of likely N-dealkylation sites (tertiary alicyclic amines) is 1. The molecule has 0 aromatic rings. The Morgan fingerprint density at radius 1 is 1.60 bits per heavy atom. The maximum Gasteiger partial charge on any atom is 0.410 e. The third-order valence-corrected chi connectivity index (χ3v) is 2.35. The number of nitrogens with zero attached hydrogens (tertiary/aromatic N) is 1. The number of aliphatic carboxylic acids is 1. The van der Waals surface area contributed by atoms with Crippen LogP contribution in [0.2, 0.25) is 0 Å². The highest BCUT2D eigenvalue weighted by atomic mass is 16.6. The molecule has 0 saturated carbocycles. The van der Waals surface area contributed by atoms with Crippen molar-refractivity contribution in [1.29, 1.82) is 0 Å². The van der Waals surface area contributed by atoms with Crippen LogP contribution in [0.4, 0.5) is 4.79 Å². The van der Waals surface area contributed by atoms with E-state index in [1.54, 1.807) is 0 Å². The summed E-state index contributed by atoms with van der Waals surface area (Å²) in [6.07, 6.45) is 2.60. The standard InChI is InChI=1S/C10H15NO4/c1-2-6-15-10(14)11-5-3-4-8(11)7-9(12)13/h2,8H,1,3-7H2,(H,12,13)/t8-/m1/s1. The number of rotatable bonds is 4. The van der Waals surface area contributed by atoms with Gasteiger partial charge in [0.2, 0.25) is 0 Å². The molecule has 15 heavy (non-hydrogen) atoms. The second-order valence-corrected chi connectivity index (χ2v) is 3.45. The van der Waals surface area contributed by atoms with Crippen molar-refractivity contribution in [3.63, 3.8) is 0 Å². The van der Waals surface area contributed by atoms with Gasteiger partial charge in [-0.05, 0) is 12.8 Å². The van der Waals surface area contributed by atoms with Crippen LogP contribution in [0.5, 0.6) is 0 Å². The van der Waals surface area contributed by atoms with Crippen molar-refractivity contribution in [2.24, 2.45) is 0 Å². The minimum absolute atomic E-state index is 0.0107. The average Bonchev–Trinajstić information content (AvgIpc) is 2.61. The normalized spacial score (nSPS) is 20.0. The van der Waals surface area contributed by atoms with Crippen LogP contribution in [0.1, 0.15) is 19.3 Å². The second kappa shape index (κ2) is 5.38. The Labute approximate surface area is 88.3 Å². The van der Waals surface area contributed by atoms with Gasteiger partial charge in [0.1, 0.15) is 6.61 Å². The molecule has 1 aliphatic rings. The maximum absolute atomic E-state index is 11.5. The van der Waals surface area contributed by atoms with Gasteiger partial charge in [0.15, 0.2) is 0 Å². The predicted molar refractivity (Wildman–Crippen MR) is 53.5 cm³/mol. The Bertz CT molecular complexity index is 264. The van der Waals surface area contributed by atoms with Crippen molar-refractivity contribution >= 4 is 12.1 Å². The number of carbonyl (C=O) groups is 2. The minimum Gasteiger partial charge on any atom is -0.481 e. The zero-order chi connectivity index (χ0) is 11.3. The predicted octanol–water partition coefficient (Wildman–Crippen LogP) is 1.25. The molecule has 0 radical (unpaired) electrons. The SMILES string of the molecule is C=CCOC(=O)N1CCC[C@@H]1CC(=O)O. The molecule has 0 spiro atoms. The number of carbonyl (C=O) groups excluding carboxylic acids is 1. The fourth-order valence-electron chi connectivity index (χ4n) is 1.70. The van der Waals surface area contributed by atoms with Crippen LogP contribution in [-0.4, -0.2) is 41.3 Å². The first-order valence-corrected chi connectivity index (χ1v) is 4.91. The molecule has 84 valence electrons. The van der Waals surface area contributed by atoms with Gasteiger partial charge in [0, 0.05) is 12.6 Å². The fourth-order valence-corrected chi connectivity index (χ4v) is 1.70. The first-order chi connectivity index (χ1) is 7.15. The van der Waals surface area contributed by atoms with Crippen molar-refractivity contribution < 1.29 is 19.4 Å². The fraction of sp³-hybridized carbons (Fsp3) is 0.600. The van der Waals surface area contributed by atoms with Crippen LogP contribution in [0, 0.1) is 0 Å². The highest BCUT2D eigenvalue weighted by Gasteiger charge is 2.31. The molecular weight excluding hydrogens is 198 g/mol. The Morgan fingerprint density at radius 3 is 2.93 bits per heavy atom. The molecule has 0 bridgehead atoms. The summed E-state index contributed by atoms with van der Waals surface area (Å²) >= 11 is 0. The second-order valence-electron chi connectivity index (χ2n) is 3.45. The van der Waals surface area contributed by atoms with Gasteiger partial charge in [-0.1, -0.05) is 12.7 Å². The molecule has 1 atom stereocenters. The number of ether oxygens (including phenoxy) is 1. The zero-order valence-corrected chi connectivity index (χ0v) is 8.52. The zero-order valence-electron chi connectivity index (χ0n) is 8.52. The van der Waals surface area contributed by atoms with Gasteiger partial charge in [-0.15, -0.1) is 0 Å². The molecule has 0 aliphatic carbocycles. The molecule has 1 heterocycles. The Hall–Kier alpha value is -1.52. The van der Waals surface area contributed by atoms with Crippen LogP contribution in [0.3, 0.4) is 0 Å². The Kier molecular flexibility index (Phi) is 4.15. The van der Waals surface area contributed by atoms with E-state index in [-0.39, 0.29) is 19.1 Å². The molecule has 0 aromatic heterocycles. The number of hydrogen-bond acceptors (Lipinski definition) is 3. The molecular formula is C10H15NO4. The average molecular weight is 213 g/mol. The lowest BCUT2D eigenvalue weighted by Crippen LogP contribution is -2.37. The number of amides is 1. The van der Waals surface area contributed by atoms with Gasteiger partial charge in [-0.3, -0.25) is 4.79 Å². The number of carboxylic acid groups (broad SMARTS) is 1. The van der Waals surface area contributed by atoms with Crippen molar-refractivity contribution in [1.82, 2.24) is 4.90 Å². The summed E-state index contributed by atoms with van der Waals surface area (Å²) in [7, 11) is 0. The summed E-state index contributed by atoms with van der Waals surface area (Å²) in [5.41, 5.74) is 0. The highest BCUT2D eigenvalue weighted by Crippen LogP contribution is 2.20. The quantitative estimate of drug-likeness (QED) is 0.713. The van der Waals surface area contributed by atoms with E-state index < -0.39 is 12.1 Å². The minimum atomic E-state index is -0.886. The van der Waals surface area contributed by atoms with Crippen molar-refractivity contribution in [3.8, 4) is 0 Å². The first-order valence-electron chi connectivity index (χ1n) is 4.91. The number of hydrogen-bond donors (Lipinski definition) is 1. The molecule has 1 fully saturated rings. The van der Waals surface area contributed by atoms with Gasteiger partial charge in [0.25, 0.3) is 0 Å². The maximum atomic E-state index is 11.5. The van der Waals surface area contributed by atoms with Crippen molar-refractivity contribution in [2.45, 2.75) is 25.3 Å². The van der Waals surface area contributed by atoms with E-state index in [9.17, 15) is 9.59 Å². The van der Waals surface area contributed by atoms with Gasteiger partial charge in [0.05, 0.1) is 6.42 Å². The Morgan fingerprint density at radius 2 is 2.33 bits per heavy atom. The van der Waals surface area contributed by atoms with E-state index in [4.69, 9.17) is 9.84 Å². The summed E-state index contributed by atoms with van der Waals surface area (Å²) < 4.78 is 4.86. The third kappa shape index (κ3) is 3.27. The van der Waals surface area contributed by atoms with E-state index in [0.717, 1.165) is 12.8 Å². The Balaban J connectivity index is 2.47. The molecule has 1 saturated heterocycles. The van der Waals surface area contributed by atoms with Crippen molar-refractivity contribution in [2.75, 3.05) is 13.2 Å². The summed E-state index contributed by atoms with van der Waals surface area (Å²) in [5, 5.41) is 8.65. The summed E-state index contributed by atoms with van der Waals surface area (Å²) in [5.74, 6) is -0.886. The lowest BCUT2D eigenvalue weighted by Gasteiger charge is -2.22. The van der Waals surface area contributed by atoms with E-state index in [0.29, 0.717) is 6.54 Å². The molecule has 5 heteroatoms. The van der Waals surface area contributed by atoms with E-state index in [1.165, 1.54) is 11.0 Å². The van der Waals surface area contributed by atoms with Crippen LogP contribution in [0.15, 0.2) is 12.7 Å². The molecule has 5 nitrogen and oxygen atoms in total. The molecule has 1 amide bonds. The van der Waals surface area contributed by atoms with Gasteiger partial charge < -0.3 is 14.7 Å². The lowest BCUT2D eigenvalue weighted by atomic mass is 10.1. The summed E-state index contributed by atoms with van der Waals surface area (Å²) in [4.78, 5) is 23.5. The van der Waals surface area contributed by atoms with Crippen molar-refractivity contribution in [3.05, 3.63) is 12.7 Å². The monoisotopic (exact) mass is 213 g/mol. The van der Waals surface area contributed by atoms with E-state index >= 15 is 0 Å². The third-order valence-electron chi connectivity index (χ3n) is 2.35. The summed E-state index contributed by atoms with van der Waals surface area (Å²) in [6.45, 7) is 4.18. The van der Waals surface area contributed by atoms with Crippen LogP contribution >= 0.6 is 0 Å². The topological polar surface area (TPSA) is 66.8 Å². The molecule has 1 rings (SSSR count). The summed E-state index contributed by atoms with van der Waals surface area (Å²) in [6, 6.07) is -0.222. The molecule has 0 unspecified atom stereocenters. The smallest absolute Gasteiger partial charge is 0.410 e.